The van der Waals surface area contributed by atoms with Gasteiger partial charge in [0.2, 0.25) is 5.71 Å². The van der Waals surface area contributed by atoms with Crippen molar-refractivity contribution in [1.29, 1.82) is 0 Å². The molecular formula is C44H55IrN2O3-. The van der Waals surface area contributed by atoms with Crippen molar-refractivity contribution >= 4 is 27.7 Å². The van der Waals surface area contributed by atoms with Gasteiger partial charge in [-0.1, -0.05) is 91.5 Å². The third-order valence-electron chi connectivity index (χ3n) is 9.32. The molecule has 0 amide bonds. The molecule has 5 aromatic rings. The molecule has 3 aromatic heterocycles. The van der Waals surface area contributed by atoms with Gasteiger partial charge in [0.1, 0.15) is 11.5 Å². The Morgan fingerprint density at radius 1 is 0.960 bits per heavy atom. The Kier molecular flexibility index (Phi) is 14.6. The number of hydrogen-bond acceptors (Lipinski definition) is 4. The van der Waals surface area contributed by atoms with E-state index < -0.39 is 0 Å². The summed E-state index contributed by atoms with van der Waals surface area (Å²) in [5, 5.41) is 13.2. The van der Waals surface area contributed by atoms with Gasteiger partial charge in [-0.15, -0.1) is 29.1 Å². The molecule has 269 valence electrons. The standard InChI is InChI=1S/C31H31N2O.C13H24O2.Ir/c1-20(2)15-25-17-23-11-12-28(32-30(23)34-25)22-13-14-33(6)29(19-22)24-16-21-9-7-8-10-26(21)27(18-24)31(3,4)5;1-5-10(6-2)12(14)9-13(15)11(7-3)8-4;/h7-14,17-20H,6,15H2,1-5H3;9-11,14H,5-8H2,1-4H3;/q-1;;/b;12-9-;. The maximum atomic E-state index is 11.7. The van der Waals surface area contributed by atoms with Crippen molar-refractivity contribution in [2.75, 3.05) is 0 Å². The van der Waals surface area contributed by atoms with Crippen molar-refractivity contribution in [2.24, 2.45) is 17.8 Å². The normalized spacial score (nSPS) is 12.0. The quantitative estimate of drug-likeness (QED) is 0.0622. The average Bonchev–Trinajstić information content (AvgIpc) is 3.46. The van der Waals surface area contributed by atoms with Gasteiger partial charge in [0, 0.05) is 56.9 Å². The van der Waals surface area contributed by atoms with Crippen molar-refractivity contribution in [3.63, 3.8) is 0 Å². The van der Waals surface area contributed by atoms with Gasteiger partial charge in [-0.25, -0.2) is 4.98 Å². The van der Waals surface area contributed by atoms with Gasteiger partial charge in [0.05, 0.1) is 17.6 Å². The molecule has 0 spiro atoms. The summed E-state index contributed by atoms with van der Waals surface area (Å²) in [5.41, 5.74) is 5.93. The maximum absolute atomic E-state index is 11.7. The van der Waals surface area contributed by atoms with Crippen LogP contribution in [0.4, 0.5) is 0 Å². The number of allylic oxidation sites excluding steroid dienone is 2. The maximum Gasteiger partial charge on any atom is 0.226 e. The van der Waals surface area contributed by atoms with Crippen molar-refractivity contribution in [1.82, 2.24) is 4.98 Å². The molecule has 2 aromatic carbocycles. The number of ketones is 1. The van der Waals surface area contributed by atoms with Gasteiger partial charge in [-0.3, -0.25) is 4.79 Å². The number of carbonyl (C=O) groups is 1. The molecule has 0 fully saturated rings. The molecule has 0 aliphatic rings. The van der Waals surface area contributed by atoms with Crippen LogP contribution in [0.15, 0.2) is 83.1 Å². The summed E-state index contributed by atoms with van der Waals surface area (Å²) in [6.45, 7) is 19.2. The van der Waals surface area contributed by atoms with E-state index in [9.17, 15) is 9.90 Å². The van der Waals surface area contributed by atoms with Crippen molar-refractivity contribution in [2.45, 2.75) is 99.8 Å². The third-order valence-corrected chi connectivity index (χ3v) is 9.32. The third kappa shape index (κ3) is 9.95. The predicted molar refractivity (Wildman–Crippen MR) is 203 cm³/mol. The van der Waals surface area contributed by atoms with E-state index >= 15 is 0 Å². The minimum Gasteiger partial charge on any atom is -0.512 e. The Labute approximate surface area is 313 Å². The second-order valence-corrected chi connectivity index (χ2v) is 14.6. The molecule has 5 nitrogen and oxygen atoms in total. The molecule has 0 aliphatic heterocycles. The summed E-state index contributed by atoms with van der Waals surface area (Å²) in [4.78, 5) is 16.6. The Hall–Kier alpha value is -3.73. The fourth-order valence-electron chi connectivity index (χ4n) is 6.32. The van der Waals surface area contributed by atoms with Crippen LogP contribution in [0.25, 0.3) is 44.4 Å². The molecule has 0 atom stereocenters. The number of nitrogens with zero attached hydrogens (tertiary/aromatic N) is 2. The van der Waals surface area contributed by atoms with Gasteiger partial charge in [-0.2, -0.15) is 0 Å². The molecule has 3 heterocycles. The van der Waals surface area contributed by atoms with Crippen molar-refractivity contribution in [3.05, 3.63) is 103 Å². The van der Waals surface area contributed by atoms with Crippen LogP contribution in [0.5, 0.6) is 0 Å². The SMILES string of the molecule is CCC(CC)C(=O)/C=C(\O)C(CC)CC.[CH2-][n+]1ccc(-c2ccc3cc(CC(C)C)oc3n2)cc1-c1[c-]c2ccccc2c(C(C)(C)C)c1.[Ir]. The molecule has 0 aliphatic carbocycles. The fourth-order valence-corrected chi connectivity index (χ4v) is 6.32. The monoisotopic (exact) mass is 852 g/mol. The van der Waals surface area contributed by atoms with Crippen LogP contribution in [-0.4, -0.2) is 15.9 Å². The van der Waals surface area contributed by atoms with E-state index in [1.165, 1.54) is 17.0 Å². The van der Waals surface area contributed by atoms with E-state index in [1.54, 1.807) is 0 Å². The van der Waals surface area contributed by atoms with Crippen molar-refractivity contribution < 1.29 is 39.0 Å². The van der Waals surface area contributed by atoms with Gasteiger partial charge in [-0.05, 0) is 72.9 Å². The van der Waals surface area contributed by atoms with E-state index in [4.69, 9.17) is 9.40 Å². The number of furan rings is 1. The van der Waals surface area contributed by atoms with Crippen LogP contribution >= 0.6 is 0 Å². The Morgan fingerprint density at radius 3 is 2.24 bits per heavy atom. The first kappa shape index (κ1) is 40.7. The fraction of sp³-hybridized carbons (Fsp3) is 0.409. The summed E-state index contributed by atoms with van der Waals surface area (Å²) in [7, 11) is 4.24. The zero-order valence-electron chi connectivity index (χ0n) is 31.4. The zero-order chi connectivity index (χ0) is 35.9. The molecule has 0 saturated heterocycles. The Morgan fingerprint density at radius 2 is 1.62 bits per heavy atom. The first-order valence-electron chi connectivity index (χ1n) is 18.0. The van der Waals surface area contributed by atoms with Gasteiger partial charge >= 0.3 is 0 Å². The Bertz CT molecular complexity index is 1910. The molecule has 5 rings (SSSR count). The second kappa shape index (κ2) is 18.0. The van der Waals surface area contributed by atoms with Gasteiger partial charge < -0.3 is 14.1 Å². The smallest absolute Gasteiger partial charge is 0.226 e. The summed E-state index contributed by atoms with van der Waals surface area (Å²) in [5.74, 6) is 2.08. The molecule has 1 N–H and O–H groups in total. The summed E-state index contributed by atoms with van der Waals surface area (Å²) < 4.78 is 7.95. The predicted octanol–water partition coefficient (Wildman–Crippen LogP) is 11.4. The van der Waals surface area contributed by atoms with Crippen LogP contribution in [0, 0.1) is 30.9 Å². The molecule has 0 bridgehead atoms. The van der Waals surface area contributed by atoms with E-state index in [0.717, 1.165) is 71.2 Å². The number of rotatable bonds is 11. The van der Waals surface area contributed by atoms with E-state index in [-0.39, 0.29) is 48.9 Å². The Balaban J connectivity index is 0.000000361. The van der Waals surface area contributed by atoms with Crippen LogP contribution in [-0.2, 0) is 36.7 Å². The zero-order valence-corrected chi connectivity index (χ0v) is 33.8. The summed E-state index contributed by atoms with van der Waals surface area (Å²) in [6, 6.07) is 24.8. The number of pyridine rings is 2. The average molecular weight is 852 g/mol. The minimum atomic E-state index is 0. The molecule has 50 heavy (non-hydrogen) atoms. The number of aromatic nitrogens is 2. The number of aliphatic hydroxyl groups is 1. The van der Waals surface area contributed by atoms with Crippen LogP contribution in [0.1, 0.15) is 99.3 Å². The first-order valence-corrected chi connectivity index (χ1v) is 18.0. The van der Waals surface area contributed by atoms with Crippen LogP contribution in [0.3, 0.4) is 0 Å². The summed E-state index contributed by atoms with van der Waals surface area (Å²) in [6.07, 6.45) is 7.81. The number of aliphatic hydroxyl groups excluding tert-OH is 1. The minimum absolute atomic E-state index is 0. The number of fused-ring (bicyclic) bond motifs is 2. The second-order valence-electron chi connectivity index (χ2n) is 14.6. The van der Waals surface area contributed by atoms with Crippen LogP contribution in [0.2, 0.25) is 0 Å². The van der Waals surface area contributed by atoms with Crippen molar-refractivity contribution in [3.8, 4) is 22.5 Å². The van der Waals surface area contributed by atoms with Crippen LogP contribution < -0.4 is 4.57 Å². The first-order chi connectivity index (χ1) is 23.3. The van der Waals surface area contributed by atoms with E-state index in [0.29, 0.717) is 11.6 Å². The molecule has 0 saturated carbocycles. The molecule has 0 unspecified atom stereocenters. The van der Waals surface area contributed by atoms with Gasteiger partial charge in [0.25, 0.3) is 0 Å². The molecular weight excluding hydrogens is 797 g/mol. The number of benzene rings is 2. The van der Waals surface area contributed by atoms with E-state index in [2.05, 4.69) is 102 Å². The van der Waals surface area contributed by atoms with E-state index in [1.807, 2.05) is 44.5 Å². The largest absolute Gasteiger partial charge is 0.512 e. The molecule has 1 radical (unpaired) electrons. The number of carbonyl (C=O) groups excluding carboxylic acids is 1. The summed E-state index contributed by atoms with van der Waals surface area (Å²) >= 11 is 0. The number of hydrogen-bond donors (Lipinski definition) is 1. The van der Waals surface area contributed by atoms with Gasteiger partial charge in [0.15, 0.2) is 5.78 Å². The topological polar surface area (TPSA) is 67.2 Å². The molecule has 6 heteroatoms.